The molecule has 2 aliphatic rings. The number of sulfone groups is 1. The summed E-state index contributed by atoms with van der Waals surface area (Å²) >= 11 is 6.06. The first-order valence-electron chi connectivity index (χ1n) is 11.6. The number of hydrogen-bond donors (Lipinski definition) is 0. The minimum atomic E-state index is -3.57. The van der Waals surface area contributed by atoms with Crippen molar-refractivity contribution in [2.45, 2.75) is 43.5 Å². The van der Waals surface area contributed by atoms with Gasteiger partial charge in [0.25, 0.3) is 0 Å². The van der Waals surface area contributed by atoms with Crippen LogP contribution >= 0.6 is 11.6 Å². The molecule has 3 aromatic rings. The Hall–Kier alpha value is -2.56. The van der Waals surface area contributed by atoms with Crippen LogP contribution in [0, 0.1) is 24.5 Å². The summed E-state index contributed by atoms with van der Waals surface area (Å²) in [6.07, 6.45) is 0.466. The van der Waals surface area contributed by atoms with Crippen LogP contribution in [0.25, 0.3) is 0 Å². The molecule has 0 radical (unpaired) electrons. The van der Waals surface area contributed by atoms with Crippen LogP contribution in [0.15, 0.2) is 40.9 Å². The van der Waals surface area contributed by atoms with E-state index >= 15 is 4.39 Å². The molecular weight excluding hydrogens is 514 g/mol. The molecule has 1 fully saturated rings. The van der Waals surface area contributed by atoms with Gasteiger partial charge in [0.05, 0.1) is 18.5 Å². The highest BCUT2D eigenvalue weighted by atomic mass is 35.5. The number of hydrogen-bond acceptors (Lipinski definition) is 7. The Kier molecular flexibility index (Phi) is 6.78. The van der Waals surface area contributed by atoms with Gasteiger partial charge in [-0.2, -0.15) is 4.98 Å². The van der Waals surface area contributed by atoms with E-state index in [2.05, 4.69) is 10.1 Å². The van der Waals surface area contributed by atoms with Gasteiger partial charge in [-0.3, -0.25) is 0 Å². The molecule has 0 spiro atoms. The Morgan fingerprint density at radius 1 is 1.14 bits per heavy atom. The van der Waals surface area contributed by atoms with E-state index in [4.69, 9.17) is 25.6 Å². The molecule has 0 saturated carbocycles. The molecule has 192 valence electrons. The van der Waals surface area contributed by atoms with Crippen molar-refractivity contribution in [3.05, 3.63) is 75.9 Å². The third kappa shape index (κ3) is 4.86. The van der Waals surface area contributed by atoms with Crippen molar-refractivity contribution in [1.82, 2.24) is 10.1 Å². The number of benzene rings is 2. The van der Waals surface area contributed by atoms with Crippen LogP contribution in [0.4, 0.5) is 8.78 Å². The fraction of sp³-hybridized carbons (Fsp3) is 0.440. The SMILES string of the molecule is Cc1nc(CS(=O)(=O)CCC2OCC[C@@]3(Cc4ccc(Cl)cc4)c4c(F)ccc(F)c4OC[C@@H]23)no1. The van der Waals surface area contributed by atoms with Crippen LogP contribution in [0.2, 0.25) is 5.02 Å². The van der Waals surface area contributed by atoms with Crippen LogP contribution in [0.1, 0.15) is 35.7 Å². The highest BCUT2D eigenvalue weighted by Gasteiger charge is 2.53. The van der Waals surface area contributed by atoms with Gasteiger partial charge in [-0.25, -0.2) is 17.2 Å². The van der Waals surface area contributed by atoms with Crippen LogP contribution in [-0.4, -0.2) is 43.6 Å². The fourth-order valence-electron chi connectivity index (χ4n) is 5.46. The van der Waals surface area contributed by atoms with E-state index in [1.165, 1.54) is 0 Å². The monoisotopic (exact) mass is 538 g/mol. The first kappa shape index (κ1) is 25.1. The zero-order valence-electron chi connectivity index (χ0n) is 19.5. The minimum Gasteiger partial charge on any atom is -0.490 e. The first-order chi connectivity index (χ1) is 17.2. The maximum atomic E-state index is 15.4. The average molecular weight is 539 g/mol. The van der Waals surface area contributed by atoms with Crippen molar-refractivity contribution >= 4 is 21.4 Å². The van der Waals surface area contributed by atoms with E-state index in [1.807, 2.05) is 12.1 Å². The number of rotatable bonds is 7. The lowest BCUT2D eigenvalue weighted by Crippen LogP contribution is -2.55. The predicted molar refractivity (Wildman–Crippen MR) is 128 cm³/mol. The van der Waals surface area contributed by atoms with Crippen LogP contribution < -0.4 is 4.74 Å². The lowest BCUT2D eigenvalue weighted by atomic mass is 9.60. The normalized spacial score (nSPS) is 23.6. The highest BCUT2D eigenvalue weighted by Crippen LogP contribution is 2.52. The van der Waals surface area contributed by atoms with E-state index in [-0.39, 0.29) is 54.2 Å². The van der Waals surface area contributed by atoms with Crippen molar-refractivity contribution in [2.24, 2.45) is 5.92 Å². The predicted octanol–water partition coefficient (Wildman–Crippen LogP) is 4.59. The number of aromatic nitrogens is 2. The van der Waals surface area contributed by atoms with Crippen LogP contribution in [-0.2, 0) is 32.2 Å². The van der Waals surface area contributed by atoms with Gasteiger partial charge in [0, 0.05) is 35.4 Å². The van der Waals surface area contributed by atoms with Crippen molar-refractivity contribution in [2.75, 3.05) is 19.0 Å². The van der Waals surface area contributed by atoms with E-state index in [1.54, 1.807) is 19.1 Å². The Morgan fingerprint density at radius 2 is 1.89 bits per heavy atom. The van der Waals surface area contributed by atoms with Crippen LogP contribution in [0.3, 0.4) is 0 Å². The molecule has 7 nitrogen and oxygen atoms in total. The molecule has 2 aliphatic heterocycles. The lowest BCUT2D eigenvalue weighted by Gasteiger charge is -2.51. The molecule has 1 unspecified atom stereocenters. The Morgan fingerprint density at radius 3 is 2.61 bits per heavy atom. The van der Waals surface area contributed by atoms with Gasteiger partial charge in [-0.1, -0.05) is 28.9 Å². The quantitative estimate of drug-likeness (QED) is 0.434. The maximum Gasteiger partial charge on any atom is 0.223 e. The molecule has 0 amide bonds. The van der Waals surface area contributed by atoms with E-state index < -0.39 is 38.9 Å². The summed E-state index contributed by atoms with van der Waals surface area (Å²) in [6, 6.07) is 9.42. The van der Waals surface area contributed by atoms with Crippen molar-refractivity contribution in [1.29, 1.82) is 0 Å². The molecule has 0 aliphatic carbocycles. The number of nitrogens with zero attached hydrogens (tertiary/aromatic N) is 2. The number of fused-ring (bicyclic) bond motifs is 3. The maximum absolute atomic E-state index is 15.4. The van der Waals surface area contributed by atoms with Crippen LogP contribution in [0.5, 0.6) is 5.75 Å². The summed E-state index contributed by atoms with van der Waals surface area (Å²) < 4.78 is 72.3. The summed E-state index contributed by atoms with van der Waals surface area (Å²) in [5, 5.41) is 4.24. The Balaban J connectivity index is 1.46. The average Bonchev–Trinajstić information content (AvgIpc) is 3.24. The van der Waals surface area contributed by atoms with Crippen molar-refractivity contribution < 1.29 is 31.2 Å². The summed E-state index contributed by atoms with van der Waals surface area (Å²) in [7, 11) is -3.57. The molecule has 1 aromatic heterocycles. The van der Waals surface area contributed by atoms with E-state index in [0.717, 1.165) is 17.7 Å². The van der Waals surface area contributed by atoms with Crippen molar-refractivity contribution in [3.8, 4) is 5.75 Å². The summed E-state index contributed by atoms with van der Waals surface area (Å²) in [5.74, 6) is -1.80. The van der Waals surface area contributed by atoms with E-state index in [0.29, 0.717) is 17.9 Å². The second-order valence-corrected chi connectivity index (χ2v) is 12.0. The molecule has 0 N–H and O–H groups in total. The molecule has 2 aromatic carbocycles. The van der Waals surface area contributed by atoms with Gasteiger partial charge >= 0.3 is 0 Å². The highest BCUT2D eigenvalue weighted by molar-refractivity contribution is 7.90. The number of halogens is 3. The molecule has 0 bridgehead atoms. The standard InChI is InChI=1S/C25H25ClF2N2O5S/c1-15-29-22(30-35-15)14-36(31,32)11-8-21-18-13-34-24-20(28)7-6-19(27)23(24)25(18,9-10-33-21)12-16-2-4-17(26)5-3-16/h2-7,18,21H,8-14H2,1H3/t18-,21?,25-/m0/s1. The summed E-state index contributed by atoms with van der Waals surface area (Å²) in [6.45, 7) is 1.94. The second-order valence-electron chi connectivity index (χ2n) is 9.38. The smallest absolute Gasteiger partial charge is 0.223 e. The topological polar surface area (TPSA) is 91.5 Å². The molecule has 1 saturated heterocycles. The molecule has 11 heteroatoms. The van der Waals surface area contributed by atoms with Crippen molar-refractivity contribution in [3.63, 3.8) is 0 Å². The van der Waals surface area contributed by atoms with Gasteiger partial charge in [-0.15, -0.1) is 0 Å². The lowest BCUT2D eigenvalue weighted by molar-refractivity contribution is -0.0963. The van der Waals surface area contributed by atoms with Gasteiger partial charge in [-0.05, 0) is 49.1 Å². The van der Waals surface area contributed by atoms with Gasteiger partial charge in [0.1, 0.15) is 11.6 Å². The number of ether oxygens (including phenoxy) is 2. The Labute approximate surface area is 212 Å². The largest absolute Gasteiger partial charge is 0.490 e. The zero-order chi connectivity index (χ0) is 25.5. The summed E-state index contributed by atoms with van der Waals surface area (Å²) in [4.78, 5) is 3.97. The van der Waals surface area contributed by atoms with Gasteiger partial charge in [0.15, 0.2) is 27.2 Å². The first-order valence-corrected chi connectivity index (χ1v) is 13.8. The number of aryl methyl sites for hydroxylation is 1. The molecule has 3 heterocycles. The second kappa shape index (κ2) is 9.72. The third-order valence-electron chi connectivity index (χ3n) is 7.07. The third-order valence-corrected chi connectivity index (χ3v) is 8.88. The summed E-state index contributed by atoms with van der Waals surface area (Å²) in [5.41, 5.74) is 0.249. The van der Waals surface area contributed by atoms with Gasteiger partial charge < -0.3 is 14.0 Å². The van der Waals surface area contributed by atoms with Gasteiger partial charge in [0.2, 0.25) is 5.89 Å². The molecular formula is C25H25ClF2N2O5S. The zero-order valence-corrected chi connectivity index (χ0v) is 21.1. The molecule has 36 heavy (non-hydrogen) atoms. The minimum absolute atomic E-state index is 0.0791. The molecule has 5 rings (SSSR count). The van der Waals surface area contributed by atoms with E-state index in [9.17, 15) is 12.8 Å². The molecule has 3 atom stereocenters. The Bertz CT molecular complexity index is 1370. The fourth-order valence-corrected chi connectivity index (χ4v) is 6.83.